The molecule has 0 aliphatic carbocycles. The third kappa shape index (κ3) is 2.44. The molecule has 2 rings (SSSR count). The van der Waals surface area contributed by atoms with Crippen LogP contribution in [0.25, 0.3) is 0 Å². The third-order valence-corrected chi connectivity index (χ3v) is 3.07. The number of carboxylic acid groups (broad SMARTS) is 1. The van der Waals surface area contributed by atoms with Crippen LogP contribution in [0.1, 0.15) is 12.5 Å². The SMILES string of the molecule is COc1cnn(C(C)(Cc2cnn(C)c2)C(=O)O)c1. The molecule has 0 bridgehead atoms. The quantitative estimate of drug-likeness (QED) is 0.858. The van der Waals surface area contributed by atoms with Gasteiger partial charge in [-0.3, -0.25) is 9.36 Å². The zero-order valence-electron chi connectivity index (χ0n) is 11.1. The van der Waals surface area contributed by atoms with Crippen LogP contribution < -0.4 is 4.74 Å². The molecular formula is C12H16N4O3. The van der Waals surface area contributed by atoms with E-state index in [0.29, 0.717) is 12.2 Å². The summed E-state index contributed by atoms with van der Waals surface area (Å²) in [5, 5.41) is 17.6. The van der Waals surface area contributed by atoms with Crippen molar-refractivity contribution in [2.75, 3.05) is 7.11 Å². The molecule has 1 unspecified atom stereocenters. The highest BCUT2D eigenvalue weighted by atomic mass is 16.5. The van der Waals surface area contributed by atoms with Gasteiger partial charge < -0.3 is 9.84 Å². The third-order valence-electron chi connectivity index (χ3n) is 3.07. The van der Waals surface area contributed by atoms with Gasteiger partial charge in [-0.2, -0.15) is 10.2 Å². The molecule has 2 heterocycles. The Morgan fingerprint density at radius 2 is 2.16 bits per heavy atom. The first-order valence-corrected chi connectivity index (χ1v) is 5.76. The van der Waals surface area contributed by atoms with Gasteiger partial charge in [-0.1, -0.05) is 0 Å². The highest BCUT2D eigenvalue weighted by Gasteiger charge is 2.37. The van der Waals surface area contributed by atoms with Crippen molar-refractivity contribution in [3.05, 3.63) is 30.4 Å². The van der Waals surface area contributed by atoms with Crippen LogP contribution in [0.4, 0.5) is 0 Å². The minimum absolute atomic E-state index is 0.293. The molecular weight excluding hydrogens is 248 g/mol. The van der Waals surface area contributed by atoms with Crippen LogP contribution in [0.2, 0.25) is 0 Å². The first-order chi connectivity index (χ1) is 8.95. The summed E-state index contributed by atoms with van der Waals surface area (Å²) in [6.07, 6.45) is 6.81. The molecule has 2 aromatic heterocycles. The van der Waals surface area contributed by atoms with Crippen molar-refractivity contribution in [2.45, 2.75) is 18.9 Å². The Hall–Kier alpha value is -2.31. The second kappa shape index (κ2) is 4.75. The van der Waals surface area contributed by atoms with Crippen molar-refractivity contribution in [3.8, 4) is 5.75 Å². The van der Waals surface area contributed by atoms with Crippen LogP contribution in [-0.2, 0) is 23.8 Å². The lowest BCUT2D eigenvalue weighted by Crippen LogP contribution is -2.41. The molecule has 19 heavy (non-hydrogen) atoms. The number of carbonyl (C=O) groups is 1. The first kappa shape index (κ1) is 13.1. The molecule has 7 nitrogen and oxygen atoms in total. The lowest BCUT2D eigenvalue weighted by Gasteiger charge is -2.24. The van der Waals surface area contributed by atoms with E-state index >= 15 is 0 Å². The fourth-order valence-corrected chi connectivity index (χ4v) is 1.90. The number of methoxy groups -OCH3 is 1. The van der Waals surface area contributed by atoms with E-state index in [9.17, 15) is 9.90 Å². The van der Waals surface area contributed by atoms with Crippen molar-refractivity contribution in [1.82, 2.24) is 19.6 Å². The van der Waals surface area contributed by atoms with E-state index in [2.05, 4.69) is 10.2 Å². The van der Waals surface area contributed by atoms with Gasteiger partial charge in [-0.05, 0) is 12.5 Å². The molecule has 1 N–H and O–H groups in total. The van der Waals surface area contributed by atoms with E-state index in [1.165, 1.54) is 18.0 Å². The predicted molar refractivity (Wildman–Crippen MR) is 67.0 cm³/mol. The van der Waals surface area contributed by atoms with Gasteiger partial charge in [0, 0.05) is 19.7 Å². The lowest BCUT2D eigenvalue weighted by molar-refractivity contribution is -0.147. The van der Waals surface area contributed by atoms with Gasteiger partial charge in [0.25, 0.3) is 0 Å². The van der Waals surface area contributed by atoms with Gasteiger partial charge in [0.2, 0.25) is 0 Å². The van der Waals surface area contributed by atoms with E-state index in [4.69, 9.17) is 4.74 Å². The Balaban J connectivity index is 2.34. The maximum absolute atomic E-state index is 11.6. The average molecular weight is 264 g/mol. The van der Waals surface area contributed by atoms with Crippen LogP contribution in [0.3, 0.4) is 0 Å². The van der Waals surface area contributed by atoms with Crippen molar-refractivity contribution in [1.29, 1.82) is 0 Å². The molecule has 0 saturated heterocycles. The maximum atomic E-state index is 11.6. The summed E-state index contributed by atoms with van der Waals surface area (Å²) in [4.78, 5) is 11.6. The molecule has 0 amide bonds. The number of aliphatic carboxylic acids is 1. The summed E-state index contributed by atoms with van der Waals surface area (Å²) in [6, 6.07) is 0. The summed E-state index contributed by atoms with van der Waals surface area (Å²) in [6.45, 7) is 1.62. The molecule has 2 aromatic rings. The topological polar surface area (TPSA) is 82.2 Å². The number of hydrogen-bond donors (Lipinski definition) is 1. The molecule has 0 radical (unpaired) electrons. The number of ether oxygens (including phenoxy) is 1. The number of carboxylic acids is 1. The van der Waals surface area contributed by atoms with Gasteiger partial charge in [0.1, 0.15) is 0 Å². The van der Waals surface area contributed by atoms with E-state index < -0.39 is 11.5 Å². The van der Waals surface area contributed by atoms with E-state index in [1.807, 2.05) is 0 Å². The standard InChI is InChI=1S/C12H16N4O3/c1-12(11(17)18,4-9-5-13-15(2)7-9)16-8-10(19-3)6-14-16/h5-8H,4H2,1-3H3,(H,17,18). The molecule has 0 aromatic carbocycles. The number of hydrogen-bond acceptors (Lipinski definition) is 4. The largest absolute Gasteiger partial charge is 0.493 e. The molecule has 0 saturated carbocycles. The number of aromatic nitrogens is 4. The molecule has 0 aliphatic heterocycles. The lowest BCUT2D eigenvalue weighted by atomic mass is 9.95. The fourth-order valence-electron chi connectivity index (χ4n) is 1.90. The maximum Gasteiger partial charge on any atom is 0.331 e. The summed E-state index contributed by atoms with van der Waals surface area (Å²) in [5.41, 5.74) is -0.346. The monoisotopic (exact) mass is 264 g/mol. The fraction of sp³-hybridized carbons (Fsp3) is 0.417. The van der Waals surface area contributed by atoms with Gasteiger partial charge in [0.15, 0.2) is 11.3 Å². The highest BCUT2D eigenvalue weighted by Crippen LogP contribution is 2.23. The second-order valence-electron chi connectivity index (χ2n) is 4.60. The summed E-state index contributed by atoms with van der Waals surface area (Å²) in [5.74, 6) is -0.430. The number of rotatable bonds is 5. The van der Waals surface area contributed by atoms with Crippen LogP contribution in [0.15, 0.2) is 24.8 Å². The van der Waals surface area contributed by atoms with Crippen LogP contribution >= 0.6 is 0 Å². The predicted octanol–water partition coefficient (Wildman–Crippen LogP) is 0.668. The van der Waals surface area contributed by atoms with Gasteiger partial charge in [-0.15, -0.1) is 0 Å². The van der Waals surface area contributed by atoms with Crippen molar-refractivity contribution >= 4 is 5.97 Å². The Kier molecular flexibility index (Phi) is 3.28. The van der Waals surface area contributed by atoms with Crippen molar-refractivity contribution < 1.29 is 14.6 Å². The molecule has 102 valence electrons. The molecule has 7 heteroatoms. The Labute approximate surface area is 110 Å². The Morgan fingerprint density at radius 3 is 2.63 bits per heavy atom. The van der Waals surface area contributed by atoms with Gasteiger partial charge >= 0.3 is 5.97 Å². The Morgan fingerprint density at radius 1 is 1.42 bits per heavy atom. The zero-order valence-corrected chi connectivity index (χ0v) is 11.1. The van der Waals surface area contributed by atoms with Crippen molar-refractivity contribution in [3.63, 3.8) is 0 Å². The summed E-state index contributed by atoms with van der Waals surface area (Å²) in [7, 11) is 3.30. The number of aryl methyl sites for hydroxylation is 1. The first-order valence-electron chi connectivity index (χ1n) is 5.76. The number of nitrogens with zero attached hydrogens (tertiary/aromatic N) is 4. The second-order valence-corrected chi connectivity index (χ2v) is 4.60. The van der Waals surface area contributed by atoms with Crippen LogP contribution in [0, 0.1) is 0 Å². The van der Waals surface area contributed by atoms with Crippen molar-refractivity contribution in [2.24, 2.45) is 7.05 Å². The Bertz CT molecular complexity index is 589. The minimum atomic E-state index is -1.18. The van der Waals surface area contributed by atoms with Gasteiger partial charge in [0.05, 0.1) is 25.7 Å². The van der Waals surface area contributed by atoms with Crippen LogP contribution in [-0.4, -0.2) is 37.7 Å². The van der Waals surface area contributed by atoms with E-state index in [1.54, 1.807) is 37.2 Å². The normalized spacial score (nSPS) is 14.1. The average Bonchev–Trinajstić information content (AvgIpc) is 2.97. The molecule has 0 fully saturated rings. The molecule has 0 spiro atoms. The van der Waals surface area contributed by atoms with Gasteiger partial charge in [-0.25, -0.2) is 4.79 Å². The minimum Gasteiger partial charge on any atom is -0.493 e. The van der Waals surface area contributed by atoms with E-state index in [-0.39, 0.29) is 0 Å². The molecule has 1 atom stereocenters. The molecule has 0 aliphatic rings. The zero-order chi connectivity index (χ0) is 14.0. The summed E-state index contributed by atoms with van der Waals surface area (Å²) < 4.78 is 8.08. The van der Waals surface area contributed by atoms with Crippen LogP contribution in [0.5, 0.6) is 5.75 Å². The summed E-state index contributed by atoms with van der Waals surface area (Å²) >= 11 is 0. The van der Waals surface area contributed by atoms with E-state index in [0.717, 1.165) is 5.56 Å². The highest BCUT2D eigenvalue weighted by molar-refractivity contribution is 5.76. The smallest absolute Gasteiger partial charge is 0.331 e.